The number of alkyl halides is 1. The molecule has 0 N–H and O–H groups in total. The summed E-state index contributed by atoms with van der Waals surface area (Å²) >= 11 is 5.71. The van der Waals surface area contributed by atoms with Crippen molar-refractivity contribution in [2.24, 2.45) is 0 Å². The molecule has 0 saturated heterocycles. The van der Waals surface area contributed by atoms with Gasteiger partial charge in [-0.2, -0.15) is 0 Å². The fourth-order valence-electron chi connectivity index (χ4n) is 3.49. The normalized spacial score (nSPS) is 11.1. The summed E-state index contributed by atoms with van der Waals surface area (Å²) < 4.78 is 12.0. The highest BCUT2D eigenvalue weighted by Gasteiger charge is 2.06. The quantitative estimate of drug-likeness (QED) is 0.220. The van der Waals surface area contributed by atoms with Gasteiger partial charge in [0.1, 0.15) is 11.5 Å². The first-order valence-corrected chi connectivity index (χ1v) is 11.6. The van der Waals surface area contributed by atoms with Crippen molar-refractivity contribution in [2.45, 2.75) is 78.1 Å². The minimum Gasteiger partial charge on any atom is -0.494 e. The Morgan fingerprint density at radius 1 is 0.750 bits per heavy atom. The van der Waals surface area contributed by atoms with Crippen molar-refractivity contribution in [3.63, 3.8) is 0 Å². The maximum absolute atomic E-state index is 6.05. The van der Waals surface area contributed by atoms with Gasteiger partial charge in [-0.25, -0.2) is 0 Å². The molecule has 0 bridgehead atoms. The van der Waals surface area contributed by atoms with Crippen LogP contribution in [0, 0.1) is 6.92 Å². The van der Waals surface area contributed by atoms with Crippen LogP contribution < -0.4 is 9.47 Å². The Labute approximate surface area is 176 Å². The Kier molecular flexibility index (Phi) is 11.2. The van der Waals surface area contributed by atoms with Gasteiger partial charge in [-0.1, -0.05) is 64.0 Å². The van der Waals surface area contributed by atoms with Gasteiger partial charge in [0, 0.05) is 5.88 Å². The van der Waals surface area contributed by atoms with Gasteiger partial charge in [0.25, 0.3) is 0 Å². The van der Waals surface area contributed by atoms with E-state index < -0.39 is 0 Å². The summed E-state index contributed by atoms with van der Waals surface area (Å²) in [7, 11) is 0. The fourth-order valence-corrected chi connectivity index (χ4v) is 3.68. The van der Waals surface area contributed by atoms with E-state index in [2.05, 4.69) is 44.2 Å². The molecule has 0 fully saturated rings. The second kappa shape index (κ2) is 13.7. The molecule has 2 rings (SSSR count). The molecule has 0 radical (unpaired) electrons. The highest BCUT2D eigenvalue weighted by Crippen LogP contribution is 2.30. The summed E-state index contributed by atoms with van der Waals surface area (Å²) in [5, 5.41) is 2.46. The van der Waals surface area contributed by atoms with Crippen molar-refractivity contribution < 1.29 is 9.47 Å². The molecule has 0 aliphatic carbocycles. The molecular weight excluding hydrogens is 368 g/mol. The smallest absolute Gasteiger partial charge is 0.122 e. The van der Waals surface area contributed by atoms with Gasteiger partial charge < -0.3 is 9.47 Å². The molecule has 0 unspecified atom stereocenters. The molecule has 0 aliphatic rings. The first-order valence-electron chi connectivity index (χ1n) is 11.1. The zero-order valence-electron chi connectivity index (χ0n) is 17.8. The minimum absolute atomic E-state index is 0.759. The average Bonchev–Trinajstić information content (AvgIpc) is 2.71. The van der Waals surface area contributed by atoms with Crippen molar-refractivity contribution in [2.75, 3.05) is 19.1 Å². The second-order valence-corrected chi connectivity index (χ2v) is 8.02. The Morgan fingerprint density at radius 2 is 1.43 bits per heavy atom. The topological polar surface area (TPSA) is 18.5 Å². The number of hydrogen-bond acceptors (Lipinski definition) is 2. The van der Waals surface area contributed by atoms with Crippen LogP contribution in [0.4, 0.5) is 0 Å². The predicted octanol–water partition coefficient (Wildman–Crippen LogP) is 8.07. The van der Waals surface area contributed by atoms with E-state index in [9.17, 15) is 0 Å². The molecule has 2 aromatic carbocycles. The predicted molar refractivity (Wildman–Crippen MR) is 122 cm³/mol. The van der Waals surface area contributed by atoms with Crippen molar-refractivity contribution in [1.29, 1.82) is 0 Å². The lowest BCUT2D eigenvalue weighted by atomic mass is 10.0. The molecule has 2 aromatic rings. The lowest BCUT2D eigenvalue weighted by molar-refractivity contribution is 0.302. The van der Waals surface area contributed by atoms with Crippen LogP contribution in [-0.2, 0) is 0 Å². The molecule has 0 aromatic heterocycles. The number of hydrogen-bond donors (Lipinski definition) is 0. The third-order valence-electron chi connectivity index (χ3n) is 5.26. The van der Waals surface area contributed by atoms with Crippen LogP contribution in [0.1, 0.15) is 76.7 Å². The summed E-state index contributed by atoms with van der Waals surface area (Å²) in [4.78, 5) is 0. The van der Waals surface area contributed by atoms with Crippen molar-refractivity contribution in [3.05, 3.63) is 35.9 Å². The Hall–Kier alpha value is -1.41. The number of benzene rings is 2. The van der Waals surface area contributed by atoms with Crippen LogP contribution in [0.25, 0.3) is 10.8 Å². The molecular formula is C25H37ClO2. The molecule has 28 heavy (non-hydrogen) atoms. The molecule has 3 heteroatoms. The third kappa shape index (κ3) is 7.91. The summed E-state index contributed by atoms with van der Waals surface area (Å²) in [5.74, 6) is 2.72. The van der Waals surface area contributed by atoms with E-state index in [4.69, 9.17) is 21.1 Å². The molecule has 156 valence electrons. The maximum Gasteiger partial charge on any atom is 0.122 e. The van der Waals surface area contributed by atoms with Crippen molar-refractivity contribution >= 4 is 22.4 Å². The van der Waals surface area contributed by atoms with Gasteiger partial charge in [0.15, 0.2) is 0 Å². The first kappa shape index (κ1) is 22.9. The minimum atomic E-state index is 0.759. The SMILES string of the molecule is CCCCCCCCOc1ccc2cc(OCCCCCCCl)ccc2c1C. The molecule has 0 saturated carbocycles. The van der Waals surface area contributed by atoms with Crippen molar-refractivity contribution in [1.82, 2.24) is 0 Å². The third-order valence-corrected chi connectivity index (χ3v) is 5.53. The number of aryl methyl sites for hydroxylation is 1. The number of halogens is 1. The Bertz CT molecular complexity index is 684. The lowest BCUT2D eigenvalue weighted by Gasteiger charge is -2.13. The fraction of sp³-hybridized carbons (Fsp3) is 0.600. The van der Waals surface area contributed by atoms with E-state index in [1.807, 2.05) is 0 Å². The van der Waals surface area contributed by atoms with Crippen LogP contribution in [-0.4, -0.2) is 19.1 Å². The van der Waals surface area contributed by atoms with E-state index in [-0.39, 0.29) is 0 Å². The number of rotatable bonds is 15. The van der Waals surface area contributed by atoms with Gasteiger partial charge in [-0.05, 0) is 60.7 Å². The molecule has 0 aliphatic heterocycles. The molecule has 0 atom stereocenters. The van der Waals surface area contributed by atoms with Gasteiger partial charge >= 0.3 is 0 Å². The van der Waals surface area contributed by atoms with E-state index in [1.165, 1.54) is 61.3 Å². The number of unbranched alkanes of at least 4 members (excludes halogenated alkanes) is 8. The Morgan fingerprint density at radius 3 is 2.18 bits per heavy atom. The zero-order chi connectivity index (χ0) is 20.0. The van der Waals surface area contributed by atoms with Crippen LogP contribution >= 0.6 is 11.6 Å². The van der Waals surface area contributed by atoms with Gasteiger partial charge in [-0.15, -0.1) is 11.6 Å². The molecule has 0 spiro atoms. The van der Waals surface area contributed by atoms with Gasteiger partial charge in [0.2, 0.25) is 0 Å². The van der Waals surface area contributed by atoms with E-state index >= 15 is 0 Å². The van der Waals surface area contributed by atoms with Crippen molar-refractivity contribution in [3.8, 4) is 11.5 Å². The van der Waals surface area contributed by atoms with Crippen LogP contribution in [0.5, 0.6) is 11.5 Å². The monoisotopic (exact) mass is 404 g/mol. The zero-order valence-corrected chi connectivity index (χ0v) is 18.5. The van der Waals surface area contributed by atoms with E-state index in [1.54, 1.807) is 0 Å². The summed E-state index contributed by atoms with van der Waals surface area (Å²) in [6.45, 7) is 5.98. The Balaban J connectivity index is 1.81. The van der Waals surface area contributed by atoms with Gasteiger partial charge in [-0.3, -0.25) is 0 Å². The standard InChI is InChI=1S/C25H37ClO2/c1-3-4-5-6-8-12-19-28-25-16-13-22-20-23(14-15-24(22)21(25)2)27-18-11-9-7-10-17-26/h13-16,20H,3-12,17-19H2,1-2H3. The van der Waals surface area contributed by atoms with E-state index in [0.717, 1.165) is 49.9 Å². The van der Waals surface area contributed by atoms with Crippen LogP contribution in [0.3, 0.4) is 0 Å². The second-order valence-electron chi connectivity index (χ2n) is 7.64. The number of fused-ring (bicyclic) bond motifs is 1. The van der Waals surface area contributed by atoms with Gasteiger partial charge in [0.05, 0.1) is 13.2 Å². The van der Waals surface area contributed by atoms with E-state index in [0.29, 0.717) is 0 Å². The highest BCUT2D eigenvalue weighted by atomic mass is 35.5. The number of ether oxygens (including phenoxy) is 2. The highest BCUT2D eigenvalue weighted by molar-refractivity contribution is 6.17. The molecule has 2 nitrogen and oxygen atoms in total. The average molecular weight is 405 g/mol. The largest absolute Gasteiger partial charge is 0.494 e. The maximum atomic E-state index is 6.05. The summed E-state index contributed by atoms with van der Waals surface area (Å²) in [5.41, 5.74) is 1.22. The summed E-state index contributed by atoms with van der Waals surface area (Å²) in [6, 6.07) is 10.6. The van der Waals surface area contributed by atoms with Crippen LogP contribution in [0.15, 0.2) is 30.3 Å². The lowest BCUT2D eigenvalue weighted by Crippen LogP contribution is -2.00. The first-order chi connectivity index (χ1) is 13.8. The molecule has 0 amide bonds. The molecule has 0 heterocycles. The summed E-state index contributed by atoms with van der Waals surface area (Å²) in [6.07, 6.45) is 12.3. The van der Waals surface area contributed by atoms with Crippen LogP contribution in [0.2, 0.25) is 0 Å².